The molecule has 1 aliphatic carbocycles. The van der Waals surface area contributed by atoms with Crippen molar-refractivity contribution in [2.24, 2.45) is 0 Å². The van der Waals surface area contributed by atoms with E-state index in [0.29, 0.717) is 17.6 Å². The second kappa shape index (κ2) is 10.8. The number of halogens is 1. The largest absolute Gasteiger partial charge is 0.466 e. The van der Waals surface area contributed by atoms with Gasteiger partial charge < -0.3 is 10.1 Å². The molecule has 1 aromatic heterocycles. The van der Waals surface area contributed by atoms with Gasteiger partial charge in [-0.2, -0.15) is 0 Å². The maximum absolute atomic E-state index is 15.0. The molecule has 0 unspecified atom stereocenters. The van der Waals surface area contributed by atoms with Crippen molar-refractivity contribution in [1.29, 1.82) is 0 Å². The molecule has 3 rings (SSSR count). The molecule has 0 bridgehead atoms. The topological polar surface area (TPSA) is 82.3 Å². The quantitative estimate of drug-likeness (QED) is 0.547. The lowest BCUT2D eigenvalue weighted by atomic mass is 10.1. The minimum Gasteiger partial charge on any atom is -0.466 e. The molecule has 2 aromatic rings. The van der Waals surface area contributed by atoms with Gasteiger partial charge in [0.2, 0.25) is 0 Å². The van der Waals surface area contributed by atoms with Crippen LogP contribution in [0.15, 0.2) is 21.7 Å². The molecule has 1 fully saturated rings. The van der Waals surface area contributed by atoms with Crippen LogP contribution in [0.5, 0.6) is 0 Å². The Balaban J connectivity index is 2.09. The van der Waals surface area contributed by atoms with E-state index in [9.17, 15) is 18.8 Å². The molecule has 0 spiro atoms. The van der Waals surface area contributed by atoms with Gasteiger partial charge in [0.25, 0.3) is 5.56 Å². The monoisotopic (exact) mass is 447 g/mol. The highest BCUT2D eigenvalue weighted by atomic mass is 19.1. The number of carbonyl (C=O) groups excluding carboxylic acids is 1. The Morgan fingerprint density at radius 3 is 2.50 bits per heavy atom. The summed E-state index contributed by atoms with van der Waals surface area (Å²) in [6.45, 7) is 6.17. The van der Waals surface area contributed by atoms with Crippen molar-refractivity contribution in [2.75, 3.05) is 11.9 Å². The number of fused-ring (bicyclic) bond motifs is 1. The SMILES string of the molecule is CCOC(=O)CCCn1c(=O)c2cc(F)c(NC(CC)CC)cc2n(C2CCCC2)c1=O. The molecule has 0 atom stereocenters. The number of aromatic nitrogens is 2. The summed E-state index contributed by atoms with van der Waals surface area (Å²) in [6.07, 6.45) is 5.83. The van der Waals surface area contributed by atoms with Gasteiger partial charge in [-0.3, -0.25) is 18.7 Å². The summed E-state index contributed by atoms with van der Waals surface area (Å²) in [5, 5.41) is 3.41. The maximum Gasteiger partial charge on any atom is 0.331 e. The summed E-state index contributed by atoms with van der Waals surface area (Å²) in [6, 6.07) is 2.95. The second-order valence-electron chi connectivity index (χ2n) is 8.46. The summed E-state index contributed by atoms with van der Waals surface area (Å²) < 4.78 is 22.7. The van der Waals surface area contributed by atoms with E-state index in [2.05, 4.69) is 5.32 Å². The van der Waals surface area contributed by atoms with E-state index in [1.807, 2.05) is 13.8 Å². The fourth-order valence-electron chi connectivity index (χ4n) is 4.55. The number of rotatable bonds is 10. The van der Waals surface area contributed by atoms with Gasteiger partial charge in [-0.15, -0.1) is 0 Å². The van der Waals surface area contributed by atoms with Gasteiger partial charge >= 0.3 is 11.7 Å². The number of nitrogens with one attached hydrogen (secondary N) is 1. The number of hydrogen-bond acceptors (Lipinski definition) is 5. The number of anilines is 1. The highest BCUT2D eigenvalue weighted by Crippen LogP contribution is 2.31. The lowest BCUT2D eigenvalue weighted by Gasteiger charge is -2.21. The number of hydrogen-bond donors (Lipinski definition) is 1. The molecular weight excluding hydrogens is 413 g/mol. The molecule has 8 heteroatoms. The Bertz CT molecular complexity index is 1070. The molecule has 0 amide bonds. The fourth-order valence-corrected chi connectivity index (χ4v) is 4.55. The third-order valence-electron chi connectivity index (χ3n) is 6.36. The number of benzene rings is 1. The van der Waals surface area contributed by atoms with E-state index >= 15 is 0 Å². The minimum atomic E-state index is -0.518. The van der Waals surface area contributed by atoms with Crippen molar-refractivity contribution in [3.8, 4) is 0 Å². The van der Waals surface area contributed by atoms with Crippen LogP contribution in [-0.2, 0) is 16.1 Å². The molecule has 1 N–H and O–H groups in total. The summed E-state index contributed by atoms with van der Waals surface area (Å²) in [7, 11) is 0. The Hall–Kier alpha value is -2.64. The third kappa shape index (κ3) is 5.05. The molecule has 7 nitrogen and oxygen atoms in total. The number of carbonyl (C=O) groups is 1. The molecular formula is C24H34FN3O4. The first-order valence-electron chi connectivity index (χ1n) is 11.8. The van der Waals surface area contributed by atoms with Crippen molar-refractivity contribution >= 4 is 22.6 Å². The van der Waals surface area contributed by atoms with Crippen LogP contribution < -0.4 is 16.6 Å². The van der Waals surface area contributed by atoms with Crippen LogP contribution in [0.1, 0.15) is 78.2 Å². The normalized spacial score (nSPS) is 14.4. The first kappa shape index (κ1) is 24.0. The predicted molar refractivity (Wildman–Crippen MR) is 124 cm³/mol. The van der Waals surface area contributed by atoms with Gasteiger partial charge in [0.15, 0.2) is 0 Å². The van der Waals surface area contributed by atoms with E-state index in [-0.39, 0.29) is 43.0 Å². The van der Waals surface area contributed by atoms with Crippen LogP contribution in [0.25, 0.3) is 10.9 Å². The van der Waals surface area contributed by atoms with E-state index < -0.39 is 17.1 Å². The standard InChI is InChI=1S/C24H34FN3O4/c1-4-16(5-2)26-20-15-21-18(14-19(20)25)23(30)27(13-9-12-22(29)32-6-3)24(31)28(21)17-10-7-8-11-17/h14-17,26H,4-13H2,1-3H3. The number of esters is 1. The van der Waals surface area contributed by atoms with Crippen molar-refractivity contribution in [2.45, 2.75) is 90.8 Å². The Labute approximate surface area is 187 Å². The van der Waals surface area contributed by atoms with Crippen molar-refractivity contribution in [3.63, 3.8) is 0 Å². The van der Waals surface area contributed by atoms with Gasteiger partial charge in [-0.1, -0.05) is 26.7 Å². The van der Waals surface area contributed by atoms with Crippen molar-refractivity contribution in [3.05, 3.63) is 38.8 Å². The molecule has 0 radical (unpaired) electrons. The highest BCUT2D eigenvalue weighted by molar-refractivity contribution is 5.82. The zero-order valence-electron chi connectivity index (χ0n) is 19.3. The number of nitrogens with zero attached hydrogens (tertiary/aromatic N) is 2. The molecule has 1 saturated carbocycles. The first-order valence-corrected chi connectivity index (χ1v) is 11.8. The minimum absolute atomic E-state index is 0.0200. The molecule has 0 aliphatic heterocycles. The summed E-state index contributed by atoms with van der Waals surface area (Å²) in [5.74, 6) is -0.864. The molecule has 1 aromatic carbocycles. The van der Waals surface area contributed by atoms with E-state index in [1.54, 1.807) is 17.6 Å². The van der Waals surface area contributed by atoms with Crippen LogP contribution >= 0.6 is 0 Å². The second-order valence-corrected chi connectivity index (χ2v) is 8.46. The summed E-state index contributed by atoms with van der Waals surface area (Å²) >= 11 is 0. The summed E-state index contributed by atoms with van der Waals surface area (Å²) in [4.78, 5) is 38.2. The Morgan fingerprint density at radius 1 is 1.19 bits per heavy atom. The van der Waals surface area contributed by atoms with E-state index in [1.165, 1.54) is 6.07 Å². The average Bonchev–Trinajstić information content (AvgIpc) is 3.30. The number of ether oxygens (including phenoxy) is 1. The molecule has 1 heterocycles. The third-order valence-corrected chi connectivity index (χ3v) is 6.36. The summed E-state index contributed by atoms with van der Waals surface area (Å²) in [5.41, 5.74) is -0.116. The molecule has 32 heavy (non-hydrogen) atoms. The predicted octanol–water partition coefficient (Wildman–Crippen LogP) is 4.36. The van der Waals surface area contributed by atoms with Gasteiger partial charge in [-0.05, 0) is 51.2 Å². The van der Waals surface area contributed by atoms with Crippen LogP contribution in [-0.4, -0.2) is 27.8 Å². The van der Waals surface area contributed by atoms with Crippen molar-refractivity contribution < 1.29 is 13.9 Å². The van der Waals surface area contributed by atoms with Crippen molar-refractivity contribution in [1.82, 2.24) is 9.13 Å². The van der Waals surface area contributed by atoms with Crippen LogP contribution in [0.3, 0.4) is 0 Å². The first-order chi connectivity index (χ1) is 15.4. The lowest BCUT2D eigenvalue weighted by molar-refractivity contribution is -0.143. The maximum atomic E-state index is 15.0. The average molecular weight is 448 g/mol. The molecule has 0 saturated heterocycles. The zero-order chi connectivity index (χ0) is 23.3. The van der Waals surface area contributed by atoms with Gasteiger partial charge in [-0.25, -0.2) is 9.18 Å². The zero-order valence-corrected chi connectivity index (χ0v) is 19.3. The Kier molecular flexibility index (Phi) is 8.10. The van der Waals surface area contributed by atoms with Crippen LogP contribution in [0, 0.1) is 5.82 Å². The van der Waals surface area contributed by atoms with Gasteiger partial charge in [0.05, 0.1) is 23.2 Å². The molecule has 1 aliphatic rings. The van der Waals surface area contributed by atoms with E-state index in [0.717, 1.165) is 43.1 Å². The van der Waals surface area contributed by atoms with Gasteiger partial charge in [0, 0.05) is 25.0 Å². The smallest absolute Gasteiger partial charge is 0.331 e. The lowest BCUT2D eigenvalue weighted by Crippen LogP contribution is -2.41. The van der Waals surface area contributed by atoms with E-state index in [4.69, 9.17) is 4.74 Å². The highest BCUT2D eigenvalue weighted by Gasteiger charge is 2.24. The van der Waals surface area contributed by atoms with Crippen LogP contribution in [0.4, 0.5) is 10.1 Å². The Morgan fingerprint density at radius 2 is 1.88 bits per heavy atom. The molecule has 176 valence electrons. The van der Waals surface area contributed by atoms with Gasteiger partial charge in [0.1, 0.15) is 5.82 Å². The fraction of sp³-hybridized carbons (Fsp3) is 0.625. The van der Waals surface area contributed by atoms with Crippen LogP contribution in [0.2, 0.25) is 0 Å².